The number of halogens is 2. The highest BCUT2D eigenvalue weighted by Crippen LogP contribution is 2.32. The Hall–Kier alpha value is -1.08. The first-order valence-electron chi connectivity index (χ1n) is 7.22. The summed E-state index contributed by atoms with van der Waals surface area (Å²) in [5.41, 5.74) is 0.104. The van der Waals surface area contributed by atoms with E-state index >= 15 is 0 Å². The lowest BCUT2D eigenvalue weighted by atomic mass is 9.86. The average Bonchev–Trinajstić information content (AvgIpc) is 2.86. The summed E-state index contributed by atoms with van der Waals surface area (Å²) in [5, 5.41) is 0.516. The molecule has 0 aliphatic rings. The Labute approximate surface area is 146 Å². The normalized spacial score (nSPS) is 12.6. The molecule has 0 spiro atoms. The molecule has 0 atom stereocenters. The van der Waals surface area contributed by atoms with Crippen molar-refractivity contribution in [2.45, 2.75) is 37.3 Å². The third kappa shape index (κ3) is 3.55. The SMILES string of the molecule is CCC(CC)(NS(=O)(=O)c1ncn(C)c1Cl)c1ccc(Cl)cc1. The molecular formula is C15H19Cl2N3O2S. The Kier molecular flexibility index (Phi) is 5.41. The van der Waals surface area contributed by atoms with Crippen LogP contribution in [0.5, 0.6) is 0 Å². The first-order chi connectivity index (χ1) is 10.8. The van der Waals surface area contributed by atoms with Gasteiger partial charge in [0.25, 0.3) is 10.0 Å². The van der Waals surface area contributed by atoms with Gasteiger partial charge in [-0.15, -0.1) is 0 Å². The third-order valence-corrected chi connectivity index (χ3v) is 6.30. The van der Waals surface area contributed by atoms with Crippen LogP contribution in [0.4, 0.5) is 0 Å². The molecule has 0 radical (unpaired) electrons. The highest BCUT2D eigenvalue weighted by Gasteiger charge is 2.36. The fourth-order valence-corrected chi connectivity index (χ4v) is 4.60. The van der Waals surface area contributed by atoms with Gasteiger partial charge in [0.05, 0.1) is 11.9 Å². The maximum atomic E-state index is 12.7. The largest absolute Gasteiger partial charge is 0.324 e. The van der Waals surface area contributed by atoms with Crippen molar-refractivity contribution in [3.05, 3.63) is 46.3 Å². The van der Waals surface area contributed by atoms with Gasteiger partial charge >= 0.3 is 0 Å². The molecule has 23 heavy (non-hydrogen) atoms. The number of aryl methyl sites for hydroxylation is 1. The number of hydrogen-bond acceptors (Lipinski definition) is 3. The van der Waals surface area contributed by atoms with E-state index in [9.17, 15) is 8.42 Å². The molecule has 0 fully saturated rings. The van der Waals surface area contributed by atoms with Crippen molar-refractivity contribution in [3.8, 4) is 0 Å². The minimum Gasteiger partial charge on any atom is -0.324 e. The fraction of sp³-hybridized carbons (Fsp3) is 0.400. The minimum atomic E-state index is -3.86. The van der Waals surface area contributed by atoms with Gasteiger partial charge in [-0.1, -0.05) is 49.2 Å². The van der Waals surface area contributed by atoms with Crippen molar-refractivity contribution in [1.29, 1.82) is 0 Å². The number of imidazole rings is 1. The number of benzene rings is 1. The van der Waals surface area contributed by atoms with Crippen molar-refractivity contribution in [2.75, 3.05) is 0 Å². The summed E-state index contributed by atoms with van der Waals surface area (Å²) in [4.78, 5) is 3.91. The molecule has 5 nitrogen and oxygen atoms in total. The van der Waals surface area contributed by atoms with Crippen LogP contribution in [0.25, 0.3) is 0 Å². The van der Waals surface area contributed by atoms with Crippen LogP contribution >= 0.6 is 23.2 Å². The van der Waals surface area contributed by atoms with E-state index in [4.69, 9.17) is 23.2 Å². The lowest BCUT2D eigenvalue weighted by molar-refractivity contribution is 0.364. The molecule has 1 N–H and O–H groups in total. The van der Waals surface area contributed by atoms with Crippen LogP contribution in [0.2, 0.25) is 10.2 Å². The second-order valence-electron chi connectivity index (χ2n) is 5.35. The number of nitrogens with one attached hydrogen (secondary N) is 1. The zero-order valence-electron chi connectivity index (χ0n) is 13.2. The Morgan fingerprint density at radius 2 is 1.74 bits per heavy atom. The summed E-state index contributed by atoms with van der Waals surface area (Å²) < 4.78 is 29.7. The number of aromatic nitrogens is 2. The molecule has 0 bridgehead atoms. The first kappa shape index (κ1) is 18.3. The van der Waals surface area contributed by atoms with E-state index in [2.05, 4.69) is 9.71 Å². The highest BCUT2D eigenvalue weighted by atomic mass is 35.5. The van der Waals surface area contributed by atoms with E-state index in [0.717, 1.165) is 5.56 Å². The summed E-state index contributed by atoms with van der Waals surface area (Å²) in [6.07, 6.45) is 2.53. The number of rotatable bonds is 6. The molecule has 2 aromatic rings. The number of sulfonamides is 1. The molecule has 8 heteroatoms. The zero-order valence-corrected chi connectivity index (χ0v) is 15.5. The summed E-state index contributed by atoms with van der Waals surface area (Å²) >= 11 is 12.0. The van der Waals surface area contributed by atoms with Gasteiger partial charge in [-0.2, -0.15) is 4.72 Å². The Bertz CT molecular complexity index is 782. The molecule has 0 saturated carbocycles. The summed E-state index contributed by atoms with van der Waals surface area (Å²) in [6, 6.07) is 7.16. The van der Waals surface area contributed by atoms with E-state index in [1.807, 2.05) is 26.0 Å². The molecule has 1 aromatic carbocycles. The predicted octanol–water partition coefficient (Wildman–Crippen LogP) is 3.72. The van der Waals surface area contributed by atoms with Gasteiger partial charge in [0.2, 0.25) is 5.03 Å². The Morgan fingerprint density at radius 1 is 1.17 bits per heavy atom. The molecule has 1 aromatic heterocycles. The number of hydrogen-bond donors (Lipinski definition) is 1. The molecule has 0 saturated heterocycles. The second-order valence-corrected chi connectivity index (χ2v) is 7.75. The van der Waals surface area contributed by atoms with Gasteiger partial charge in [0.15, 0.2) is 0 Å². The topological polar surface area (TPSA) is 64.0 Å². The van der Waals surface area contributed by atoms with Crippen molar-refractivity contribution < 1.29 is 8.42 Å². The number of nitrogens with zero attached hydrogens (tertiary/aromatic N) is 2. The summed E-state index contributed by atoms with van der Waals surface area (Å²) in [6.45, 7) is 3.86. The van der Waals surface area contributed by atoms with Gasteiger partial charge in [-0.3, -0.25) is 0 Å². The average molecular weight is 376 g/mol. The molecule has 1 heterocycles. The third-order valence-electron chi connectivity index (χ3n) is 4.02. The van der Waals surface area contributed by atoms with Crippen LogP contribution in [-0.4, -0.2) is 18.0 Å². The van der Waals surface area contributed by atoms with Gasteiger partial charge in [0, 0.05) is 12.1 Å². The molecule has 0 aliphatic carbocycles. The Morgan fingerprint density at radius 3 is 2.17 bits per heavy atom. The van der Waals surface area contributed by atoms with Crippen LogP contribution in [0, 0.1) is 0 Å². The van der Waals surface area contributed by atoms with Crippen molar-refractivity contribution in [1.82, 2.24) is 14.3 Å². The van der Waals surface area contributed by atoms with Gasteiger partial charge in [-0.25, -0.2) is 13.4 Å². The van der Waals surface area contributed by atoms with Gasteiger partial charge in [-0.05, 0) is 30.5 Å². The van der Waals surface area contributed by atoms with Crippen molar-refractivity contribution >= 4 is 33.2 Å². The minimum absolute atomic E-state index is 0.0784. The summed E-state index contributed by atoms with van der Waals surface area (Å²) in [7, 11) is -2.22. The predicted molar refractivity (Wildman–Crippen MR) is 92.3 cm³/mol. The second kappa shape index (κ2) is 6.81. The maximum absolute atomic E-state index is 12.7. The van der Waals surface area contributed by atoms with E-state index in [1.165, 1.54) is 10.9 Å². The van der Waals surface area contributed by atoms with Crippen LogP contribution < -0.4 is 4.72 Å². The fourth-order valence-electron chi connectivity index (χ4n) is 2.51. The smallest absolute Gasteiger partial charge is 0.261 e. The van der Waals surface area contributed by atoms with Crippen LogP contribution in [0.15, 0.2) is 35.6 Å². The van der Waals surface area contributed by atoms with Crippen LogP contribution in [0.3, 0.4) is 0 Å². The van der Waals surface area contributed by atoms with Crippen molar-refractivity contribution in [3.63, 3.8) is 0 Å². The van der Waals surface area contributed by atoms with Crippen LogP contribution in [-0.2, 0) is 22.6 Å². The van der Waals surface area contributed by atoms with Crippen molar-refractivity contribution in [2.24, 2.45) is 7.05 Å². The first-order valence-corrected chi connectivity index (χ1v) is 9.46. The van der Waals surface area contributed by atoms with E-state index in [0.29, 0.717) is 17.9 Å². The molecule has 2 rings (SSSR count). The molecule has 0 amide bonds. The molecular weight excluding hydrogens is 357 g/mol. The highest BCUT2D eigenvalue weighted by molar-refractivity contribution is 7.89. The van der Waals surface area contributed by atoms with Gasteiger partial charge in [0.1, 0.15) is 5.15 Å². The lowest BCUT2D eigenvalue weighted by Gasteiger charge is -2.33. The van der Waals surface area contributed by atoms with E-state index in [1.54, 1.807) is 19.2 Å². The van der Waals surface area contributed by atoms with E-state index in [-0.39, 0.29) is 10.2 Å². The van der Waals surface area contributed by atoms with Crippen LogP contribution in [0.1, 0.15) is 32.3 Å². The van der Waals surface area contributed by atoms with Gasteiger partial charge < -0.3 is 4.57 Å². The molecule has 0 aliphatic heterocycles. The quantitative estimate of drug-likeness (QED) is 0.836. The zero-order chi connectivity index (χ0) is 17.3. The maximum Gasteiger partial charge on any atom is 0.261 e. The van der Waals surface area contributed by atoms with E-state index < -0.39 is 15.6 Å². The Balaban J connectivity index is 2.47. The molecule has 126 valence electrons. The molecule has 0 unspecified atom stereocenters. The lowest BCUT2D eigenvalue weighted by Crippen LogP contribution is -2.45. The monoisotopic (exact) mass is 375 g/mol. The standard InChI is InChI=1S/C15H19Cl2N3O2S/c1-4-15(5-2,11-6-8-12(16)9-7-11)19-23(21,22)14-13(17)20(3)10-18-14/h6-10,19H,4-5H2,1-3H3. The summed E-state index contributed by atoms with van der Waals surface area (Å²) in [5.74, 6) is 0.